The van der Waals surface area contributed by atoms with Crippen molar-refractivity contribution in [1.29, 1.82) is 0 Å². The first-order chi connectivity index (χ1) is 9.68. The van der Waals surface area contributed by atoms with Gasteiger partial charge in [0, 0.05) is 12.1 Å². The van der Waals surface area contributed by atoms with Crippen molar-refractivity contribution in [2.24, 2.45) is 0 Å². The number of nitrogens with one attached hydrogen (secondary N) is 2. The fourth-order valence-electron chi connectivity index (χ4n) is 3.57. The third-order valence-electron chi connectivity index (χ3n) is 4.75. The zero-order chi connectivity index (χ0) is 14.0. The van der Waals surface area contributed by atoms with Crippen molar-refractivity contribution in [3.05, 3.63) is 35.4 Å². The molecule has 0 radical (unpaired) electrons. The molecule has 1 atom stereocenters. The van der Waals surface area contributed by atoms with Crippen LogP contribution in [0.15, 0.2) is 24.3 Å². The molecule has 2 aliphatic rings. The van der Waals surface area contributed by atoms with Gasteiger partial charge >= 0.3 is 0 Å². The molecule has 0 saturated heterocycles. The summed E-state index contributed by atoms with van der Waals surface area (Å²) in [7, 11) is 0. The highest BCUT2D eigenvalue weighted by atomic mass is 16.2. The second kappa shape index (κ2) is 5.57. The lowest BCUT2D eigenvalue weighted by molar-refractivity contribution is -0.125. The van der Waals surface area contributed by atoms with Crippen LogP contribution in [0.5, 0.6) is 0 Å². The summed E-state index contributed by atoms with van der Waals surface area (Å²) in [5.41, 5.74) is 2.44. The van der Waals surface area contributed by atoms with E-state index in [2.05, 4.69) is 35.8 Å². The highest BCUT2D eigenvalue weighted by Gasteiger charge is 2.33. The van der Waals surface area contributed by atoms with Gasteiger partial charge in [0.2, 0.25) is 5.91 Å². The largest absolute Gasteiger partial charge is 0.349 e. The zero-order valence-electron chi connectivity index (χ0n) is 12.2. The maximum absolute atomic E-state index is 12.7. The van der Waals surface area contributed by atoms with E-state index in [0.717, 1.165) is 31.4 Å². The predicted molar refractivity (Wildman–Crippen MR) is 80.5 cm³/mol. The van der Waals surface area contributed by atoms with Gasteiger partial charge in [0.1, 0.15) is 6.04 Å². The summed E-state index contributed by atoms with van der Waals surface area (Å²) in [6.07, 6.45) is 6.98. The second-order valence-electron chi connectivity index (χ2n) is 6.45. The first-order valence-corrected chi connectivity index (χ1v) is 7.81. The molecule has 1 heterocycles. The van der Waals surface area contributed by atoms with Crippen LogP contribution in [0.3, 0.4) is 0 Å². The molecular formula is C17H24N2O. The summed E-state index contributed by atoms with van der Waals surface area (Å²) in [4.78, 5) is 12.7. The van der Waals surface area contributed by atoms with Crippen LogP contribution in [0.1, 0.15) is 56.2 Å². The maximum atomic E-state index is 12.7. The lowest BCUT2D eigenvalue weighted by Gasteiger charge is -2.37. The Morgan fingerprint density at radius 2 is 2.00 bits per heavy atom. The maximum Gasteiger partial charge on any atom is 0.242 e. The summed E-state index contributed by atoms with van der Waals surface area (Å²) in [5, 5.41) is 6.67. The first-order valence-electron chi connectivity index (χ1n) is 7.81. The number of rotatable bonds is 2. The lowest BCUT2D eigenvalue weighted by atomic mass is 9.82. The smallest absolute Gasteiger partial charge is 0.242 e. The van der Waals surface area contributed by atoms with Gasteiger partial charge in [-0.25, -0.2) is 0 Å². The van der Waals surface area contributed by atoms with Crippen LogP contribution < -0.4 is 10.6 Å². The van der Waals surface area contributed by atoms with Gasteiger partial charge in [-0.15, -0.1) is 0 Å². The van der Waals surface area contributed by atoms with Gasteiger partial charge in [0.25, 0.3) is 0 Å². The molecule has 0 spiro atoms. The lowest BCUT2D eigenvalue weighted by Crippen LogP contribution is -2.52. The molecule has 2 N–H and O–H groups in total. The Morgan fingerprint density at radius 1 is 1.25 bits per heavy atom. The molecule has 20 heavy (non-hydrogen) atoms. The Labute approximate surface area is 121 Å². The van der Waals surface area contributed by atoms with Gasteiger partial charge in [-0.1, -0.05) is 43.5 Å². The highest BCUT2D eigenvalue weighted by molar-refractivity contribution is 5.84. The van der Waals surface area contributed by atoms with Gasteiger partial charge in [0.15, 0.2) is 0 Å². The average Bonchev–Trinajstić information content (AvgIpc) is 2.47. The number of carbonyl (C=O) groups excluding carboxylic acids is 1. The number of amides is 1. The van der Waals surface area contributed by atoms with E-state index < -0.39 is 0 Å². The van der Waals surface area contributed by atoms with Crippen LogP contribution in [0.4, 0.5) is 0 Å². The quantitative estimate of drug-likeness (QED) is 0.869. The summed E-state index contributed by atoms with van der Waals surface area (Å²) >= 11 is 0. The molecule has 108 valence electrons. The molecule has 1 saturated carbocycles. The zero-order valence-corrected chi connectivity index (χ0v) is 12.2. The van der Waals surface area contributed by atoms with Gasteiger partial charge in [-0.3, -0.25) is 4.79 Å². The van der Waals surface area contributed by atoms with Crippen LogP contribution in [0.25, 0.3) is 0 Å². The Balaban J connectivity index is 1.75. The SMILES string of the molecule is CC1(NC(=O)C2NCCc3ccccc32)CCCCC1. The molecule has 1 aliphatic heterocycles. The van der Waals surface area contributed by atoms with Gasteiger partial charge in [-0.05, 0) is 37.3 Å². The van der Waals surface area contributed by atoms with E-state index in [-0.39, 0.29) is 17.5 Å². The minimum atomic E-state index is -0.182. The molecule has 1 unspecified atom stereocenters. The summed E-state index contributed by atoms with van der Waals surface area (Å²) < 4.78 is 0. The monoisotopic (exact) mass is 272 g/mol. The normalized spacial score (nSPS) is 24.8. The Kier molecular flexibility index (Phi) is 3.79. The van der Waals surface area contributed by atoms with Crippen LogP contribution in [0.2, 0.25) is 0 Å². The summed E-state index contributed by atoms with van der Waals surface area (Å²) in [5.74, 6) is 0.140. The van der Waals surface area contributed by atoms with Gasteiger partial charge in [0.05, 0.1) is 0 Å². The van der Waals surface area contributed by atoms with Crippen LogP contribution in [0, 0.1) is 0 Å². The number of benzene rings is 1. The third kappa shape index (κ3) is 2.73. The van der Waals surface area contributed by atoms with Crippen molar-refractivity contribution in [3.63, 3.8) is 0 Å². The minimum absolute atomic E-state index is 0.0105. The molecular weight excluding hydrogens is 248 g/mol. The van der Waals surface area contributed by atoms with E-state index in [1.54, 1.807) is 0 Å². The van der Waals surface area contributed by atoms with Crippen molar-refractivity contribution < 1.29 is 4.79 Å². The fraction of sp³-hybridized carbons (Fsp3) is 0.588. The molecule has 3 nitrogen and oxygen atoms in total. The standard InChI is InChI=1S/C17H24N2O/c1-17(10-5-2-6-11-17)19-16(20)15-14-8-4-3-7-13(14)9-12-18-15/h3-4,7-8,15,18H,2,5-6,9-12H2,1H3,(H,19,20). The predicted octanol–water partition coefficient (Wildman–Crippen LogP) is 2.71. The van der Waals surface area contributed by atoms with Crippen molar-refractivity contribution >= 4 is 5.91 Å². The minimum Gasteiger partial charge on any atom is -0.349 e. The van der Waals surface area contributed by atoms with E-state index in [1.807, 2.05) is 6.07 Å². The second-order valence-corrected chi connectivity index (χ2v) is 6.45. The van der Waals surface area contributed by atoms with Crippen molar-refractivity contribution in [3.8, 4) is 0 Å². The Hall–Kier alpha value is -1.35. The summed E-state index contributed by atoms with van der Waals surface area (Å²) in [6.45, 7) is 3.07. The van der Waals surface area contributed by atoms with Crippen LogP contribution in [-0.2, 0) is 11.2 Å². The van der Waals surface area contributed by atoms with E-state index in [1.165, 1.54) is 24.8 Å². The molecule has 0 bridgehead atoms. The van der Waals surface area contributed by atoms with Crippen molar-refractivity contribution in [2.75, 3.05) is 6.54 Å². The Bertz CT molecular complexity index is 492. The number of hydrogen-bond donors (Lipinski definition) is 2. The van der Waals surface area contributed by atoms with Crippen molar-refractivity contribution in [1.82, 2.24) is 10.6 Å². The van der Waals surface area contributed by atoms with Crippen LogP contribution >= 0.6 is 0 Å². The topological polar surface area (TPSA) is 41.1 Å². The van der Waals surface area contributed by atoms with Crippen molar-refractivity contribution in [2.45, 2.75) is 57.0 Å². The molecule has 1 amide bonds. The molecule has 1 aromatic rings. The third-order valence-corrected chi connectivity index (χ3v) is 4.75. The Morgan fingerprint density at radius 3 is 2.80 bits per heavy atom. The van der Waals surface area contributed by atoms with E-state index in [9.17, 15) is 4.79 Å². The van der Waals surface area contributed by atoms with Gasteiger partial charge in [-0.2, -0.15) is 0 Å². The van der Waals surface area contributed by atoms with Crippen LogP contribution in [-0.4, -0.2) is 18.0 Å². The first kappa shape index (κ1) is 13.6. The van der Waals surface area contributed by atoms with E-state index in [0.29, 0.717) is 0 Å². The van der Waals surface area contributed by atoms with E-state index >= 15 is 0 Å². The molecule has 1 aliphatic carbocycles. The van der Waals surface area contributed by atoms with E-state index in [4.69, 9.17) is 0 Å². The summed E-state index contributed by atoms with van der Waals surface area (Å²) in [6, 6.07) is 8.11. The molecule has 3 heteroatoms. The molecule has 3 rings (SSSR count). The highest BCUT2D eigenvalue weighted by Crippen LogP contribution is 2.29. The average molecular weight is 272 g/mol. The number of hydrogen-bond acceptors (Lipinski definition) is 2. The van der Waals surface area contributed by atoms with Gasteiger partial charge < -0.3 is 10.6 Å². The fourth-order valence-corrected chi connectivity index (χ4v) is 3.57. The number of carbonyl (C=O) groups is 1. The molecule has 0 aromatic heterocycles. The molecule has 1 aromatic carbocycles. The number of fused-ring (bicyclic) bond motifs is 1. The molecule has 1 fully saturated rings.